The zero-order valence-corrected chi connectivity index (χ0v) is 29.9. The lowest BCUT2D eigenvalue weighted by atomic mass is 9.88. The molecule has 6 aromatic carbocycles. The number of furan rings is 1. The number of aryl methyl sites for hydroxylation is 3. The Labute approximate surface area is 302 Å². The largest absolute Gasteiger partial charge is 0.455 e. The van der Waals surface area contributed by atoms with Crippen LogP contribution in [0, 0.1) is 13.8 Å². The van der Waals surface area contributed by atoms with Crippen molar-refractivity contribution in [1.82, 2.24) is 9.55 Å². The van der Waals surface area contributed by atoms with E-state index in [9.17, 15) is 0 Å². The fourth-order valence-corrected chi connectivity index (χ4v) is 8.19. The van der Waals surface area contributed by atoms with Crippen LogP contribution in [-0.4, -0.2) is 9.55 Å². The Morgan fingerprint density at radius 1 is 0.706 bits per heavy atom. The molecule has 51 heavy (non-hydrogen) atoms. The lowest BCUT2D eigenvalue weighted by Gasteiger charge is -2.21. The summed E-state index contributed by atoms with van der Waals surface area (Å²) in [6.07, 6.45) is 0. The van der Waals surface area contributed by atoms with Gasteiger partial charge in [-0.25, -0.2) is 4.57 Å². The van der Waals surface area contributed by atoms with Gasteiger partial charge in [0.2, 0.25) is 0 Å². The van der Waals surface area contributed by atoms with Crippen LogP contribution in [0.3, 0.4) is 0 Å². The van der Waals surface area contributed by atoms with Crippen molar-refractivity contribution in [2.24, 2.45) is 7.05 Å². The molecule has 0 aliphatic heterocycles. The first-order chi connectivity index (χ1) is 25.9. The normalized spacial score (nSPS) is 13.3. The van der Waals surface area contributed by atoms with Gasteiger partial charge in [0, 0.05) is 42.5 Å². The second-order valence-corrected chi connectivity index (χ2v) is 14.5. The van der Waals surface area contributed by atoms with Crippen LogP contribution < -0.4 is 4.57 Å². The maximum atomic E-state index is 8.28. The SMILES string of the molecule is [2H]C([2H])([2H])c1nc2ccc3oc4c(-c5n(-c6c(C(C)C)cc(-c7ccccc7)cc6C(C)C)c6ccccc6[n+]5C)c(C)ccc4c3c2c2ccccc12. The topological polar surface area (TPSA) is 34.8 Å². The van der Waals surface area contributed by atoms with Gasteiger partial charge < -0.3 is 4.42 Å². The van der Waals surface area contributed by atoms with Crippen LogP contribution in [0.5, 0.6) is 0 Å². The van der Waals surface area contributed by atoms with Crippen molar-refractivity contribution in [1.29, 1.82) is 0 Å². The van der Waals surface area contributed by atoms with Crippen LogP contribution >= 0.6 is 0 Å². The Morgan fingerprint density at radius 2 is 1.39 bits per heavy atom. The first-order valence-electron chi connectivity index (χ1n) is 19.3. The van der Waals surface area contributed by atoms with Gasteiger partial charge in [-0.1, -0.05) is 107 Å². The van der Waals surface area contributed by atoms with Crippen LogP contribution in [0.4, 0.5) is 0 Å². The van der Waals surface area contributed by atoms with E-state index < -0.39 is 6.85 Å². The van der Waals surface area contributed by atoms with Crippen LogP contribution in [0.2, 0.25) is 0 Å². The number of rotatable bonds is 5. The number of hydrogen-bond donors (Lipinski definition) is 0. The van der Waals surface area contributed by atoms with E-state index in [1.165, 1.54) is 27.9 Å². The molecule has 0 N–H and O–H groups in total. The summed E-state index contributed by atoms with van der Waals surface area (Å²) in [7, 11) is 2.15. The van der Waals surface area contributed by atoms with Crippen LogP contribution in [0.15, 0.2) is 120 Å². The molecule has 9 rings (SSSR count). The molecule has 0 radical (unpaired) electrons. The molecule has 0 spiro atoms. The maximum Gasteiger partial charge on any atom is 0.299 e. The van der Waals surface area contributed by atoms with E-state index in [1.807, 2.05) is 36.4 Å². The summed E-state index contributed by atoms with van der Waals surface area (Å²) >= 11 is 0. The molecule has 0 amide bonds. The van der Waals surface area contributed by atoms with Crippen molar-refractivity contribution in [3.63, 3.8) is 0 Å². The predicted octanol–water partition coefficient (Wildman–Crippen LogP) is 12.3. The van der Waals surface area contributed by atoms with Crippen molar-refractivity contribution in [3.8, 4) is 28.2 Å². The highest BCUT2D eigenvalue weighted by Crippen LogP contribution is 2.45. The van der Waals surface area contributed by atoms with Crippen molar-refractivity contribution >= 4 is 54.6 Å². The molecule has 0 aliphatic carbocycles. The highest BCUT2D eigenvalue weighted by Gasteiger charge is 2.34. The van der Waals surface area contributed by atoms with E-state index in [2.05, 4.69) is 130 Å². The second-order valence-electron chi connectivity index (χ2n) is 14.5. The number of hydrogen-bond acceptors (Lipinski definition) is 2. The fourth-order valence-electron chi connectivity index (χ4n) is 8.19. The minimum Gasteiger partial charge on any atom is -0.455 e. The first kappa shape index (κ1) is 28.0. The van der Waals surface area contributed by atoms with Gasteiger partial charge in [0.15, 0.2) is 16.6 Å². The smallest absolute Gasteiger partial charge is 0.299 e. The molecule has 250 valence electrons. The summed E-state index contributed by atoms with van der Waals surface area (Å²) in [4.78, 5) is 4.77. The first-order valence-corrected chi connectivity index (χ1v) is 17.8. The van der Waals surface area contributed by atoms with E-state index in [4.69, 9.17) is 13.5 Å². The summed E-state index contributed by atoms with van der Waals surface area (Å²) in [5.74, 6) is 1.53. The lowest BCUT2D eigenvalue weighted by molar-refractivity contribution is -0.633. The number of benzene rings is 6. The minimum absolute atomic E-state index is 0.117. The van der Waals surface area contributed by atoms with Crippen molar-refractivity contribution < 1.29 is 13.1 Å². The molecule has 0 fully saturated rings. The van der Waals surface area contributed by atoms with Crippen molar-refractivity contribution in [2.75, 3.05) is 0 Å². The Kier molecular flexibility index (Phi) is 6.41. The Hall–Kier alpha value is -5.74. The number of nitrogens with zero attached hydrogens (tertiary/aromatic N) is 3. The third-order valence-electron chi connectivity index (χ3n) is 10.7. The third-order valence-corrected chi connectivity index (χ3v) is 10.7. The van der Waals surface area contributed by atoms with Gasteiger partial charge in [-0.15, -0.1) is 0 Å². The van der Waals surface area contributed by atoms with E-state index in [-0.39, 0.29) is 17.5 Å². The van der Waals surface area contributed by atoms with Crippen LogP contribution in [0.1, 0.15) is 66.0 Å². The minimum atomic E-state index is -2.35. The molecular formula is C47H42N3O+. The quantitative estimate of drug-likeness (QED) is 0.135. The monoisotopic (exact) mass is 667 g/mol. The summed E-state index contributed by atoms with van der Waals surface area (Å²) < 4.78 is 36.6. The van der Waals surface area contributed by atoms with Gasteiger partial charge in [0.25, 0.3) is 5.82 Å². The Balaban J connectivity index is 1.42. The number of aromatic nitrogens is 3. The van der Waals surface area contributed by atoms with E-state index in [1.54, 1.807) is 0 Å². The summed E-state index contributed by atoms with van der Waals surface area (Å²) in [6.45, 7) is 8.96. The van der Waals surface area contributed by atoms with Crippen molar-refractivity contribution in [3.05, 3.63) is 138 Å². The highest BCUT2D eigenvalue weighted by atomic mass is 16.3. The molecule has 3 heterocycles. The zero-order chi connectivity index (χ0) is 37.6. The van der Waals surface area contributed by atoms with E-state index >= 15 is 0 Å². The molecule has 0 unspecified atom stereocenters. The standard InChI is InChI=1S/C47H42N3O/c1-27(2)36-25-32(31-15-9-8-10-16-31)26-37(28(3)4)45(36)50-40-20-14-13-19-39(40)49(7)47(50)42-29(5)21-22-35-44-41(51-46(35)42)24-23-38-43(44)34-18-12-11-17-33(34)30(6)48-38/h8-28H,1-7H3/q+1/i6D3. The van der Waals surface area contributed by atoms with Crippen LogP contribution in [0.25, 0.3) is 82.8 Å². The van der Waals surface area contributed by atoms with Gasteiger partial charge >= 0.3 is 0 Å². The number of fused-ring (bicyclic) bond motifs is 8. The predicted molar refractivity (Wildman–Crippen MR) is 213 cm³/mol. The van der Waals surface area contributed by atoms with Gasteiger partial charge in [-0.05, 0) is 84.1 Å². The summed E-state index contributed by atoms with van der Waals surface area (Å²) in [5.41, 5.74) is 12.8. The number of para-hydroxylation sites is 2. The molecule has 4 nitrogen and oxygen atoms in total. The highest BCUT2D eigenvalue weighted by molar-refractivity contribution is 6.27. The molecule has 0 atom stereocenters. The van der Waals surface area contributed by atoms with Crippen molar-refractivity contribution in [2.45, 2.75) is 53.3 Å². The number of imidazole rings is 1. The van der Waals surface area contributed by atoms with Crippen LogP contribution in [-0.2, 0) is 7.05 Å². The fraction of sp³-hybridized carbons (Fsp3) is 0.191. The van der Waals surface area contributed by atoms with E-state index in [0.29, 0.717) is 10.9 Å². The summed E-state index contributed by atoms with van der Waals surface area (Å²) in [6, 6.07) is 39.9. The van der Waals surface area contributed by atoms with E-state index in [0.717, 1.165) is 60.7 Å². The molecule has 9 aromatic rings. The lowest BCUT2D eigenvalue weighted by Crippen LogP contribution is -2.30. The third kappa shape index (κ3) is 4.66. The number of pyridine rings is 1. The molecular weight excluding hydrogens is 623 g/mol. The molecule has 0 bridgehead atoms. The van der Waals surface area contributed by atoms with Gasteiger partial charge in [0.1, 0.15) is 16.8 Å². The maximum absolute atomic E-state index is 8.28. The average Bonchev–Trinajstić information content (AvgIpc) is 3.68. The Bertz CT molecular complexity index is 2920. The molecule has 4 heteroatoms. The second kappa shape index (κ2) is 11.7. The van der Waals surface area contributed by atoms with Gasteiger partial charge in [0.05, 0.1) is 12.6 Å². The van der Waals surface area contributed by atoms with Gasteiger partial charge in [-0.2, -0.15) is 4.57 Å². The average molecular weight is 668 g/mol. The summed E-state index contributed by atoms with van der Waals surface area (Å²) in [5, 5.41) is 4.29. The molecule has 3 aromatic heterocycles. The molecule has 0 aliphatic rings. The molecule has 0 saturated carbocycles. The molecule has 0 saturated heterocycles. The zero-order valence-electron chi connectivity index (χ0n) is 32.9. The Morgan fingerprint density at radius 3 is 2.12 bits per heavy atom. The van der Waals surface area contributed by atoms with Gasteiger partial charge in [-0.3, -0.25) is 4.98 Å².